The number of nitrogens with one attached hydrogen (secondary N) is 1. The first kappa shape index (κ1) is 9.35. The fourth-order valence-corrected chi connectivity index (χ4v) is 2.15. The van der Waals surface area contributed by atoms with Crippen LogP contribution < -0.4 is 11.5 Å². The van der Waals surface area contributed by atoms with Crippen molar-refractivity contribution in [2.75, 3.05) is 0 Å². The van der Waals surface area contributed by atoms with E-state index in [1.807, 2.05) is 18.2 Å². The maximum Gasteiger partial charge on any atom is 0.439 e. The van der Waals surface area contributed by atoms with Crippen LogP contribution in [0.2, 0.25) is 0 Å². The summed E-state index contributed by atoms with van der Waals surface area (Å²) in [5, 5.41) is 3.66. The molecule has 1 aromatic heterocycles. The third-order valence-corrected chi connectivity index (χ3v) is 2.98. The van der Waals surface area contributed by atoms with Gasteiger partial charge in [0.2, 0.25) is 0 Å². The highest BCUT2D eigenvalue weighted by Gasteiger charge is 2.19. The first-order valence-corrected chi connectivity index (χ1v) is 5.19. The van der Waals surface area contributed by atoms with E-state index in [0.29, 0.717) is 5.82 Å². The lowest BCUT2D eigenvalue weighted by Crippen LogP contribution is -2.04. The molecule has 1 aliphatic rings. The third-order valence-electron chi connectivity index (χ3n) is 2.98. The molecule has 2 aromatic rings. The number of fused-ring (bicyclic) bond motifs is 1. The molecule has 0 saturated heterocycles. The second-order valence-electron chi connectivity index (χ2n) is 4.00. The highest BCUT2D eigenvalue weighted by molar-refractivity contribution is 5.57. The average molecular weight is 217 g/mol. The molecule has 3 N–H and O–H groups in total. The van der Waals surface area contributed by atoms with Gasteiger partial charge in [-0.15, -0.1) is 0 Å². The number of nitrogens with two attached hydrogens (primary N) is 1. The largest absolute Gasteiger partial charge is 0.439 e. The number of aromatic amines is 1. The lowest BCUT2D eigenvalue weighted by atomic mass is 10.0. The standard InChI is InChI=1S/C11H11N3O2/c12-9-4-2-6-5-7(1-3-8(6)9)10-13-11(15)16-14-10/h1,3,5,9H,2,4,12H2,(H,13,14,15)/t9-/m0/s1. The summed E-state index contributed by atoms with van der Waals surface area (Å²) in [5.41, 5.74) is 9.23. The van der Waals surface area contributed by atoms with E-state index in [9.17, 15) is 4.79 Å². The normalized spacial score (nSPS) is 18.7. The van der Waals surface area contributed by atoms with Crippen molar-refractivity contribution >= 4 is 0 Å². The minimum Gasteiger partial charge on any atom is -0.324 e. The van der Waals surface area contributed by atoms with Gasteiger partial charge in [-0.25, -0.2) is 4.79 Å². The summed E-state index contributed by atoms with van der Waals surface area (Å²) in [6, 6.07) is 6.05. The molecule has 0 fully saturated rings. The minimum atomic E-state index is -0.535. The molecule has 0 spiro atoms. The van der Waals surface area contributed by atoms with Crippen molar-refractivity contribution in [3.05, 3.63) is 39.9 Å². The van der Waals surface area contributed by atoms with Crippen LogP contribution in [0.3, 0.4) is 0 Å². The highest BCUT2D eigenvalue weighted by atomic mass is 16.5. The maximum atomic E-state index is 10.8. The molecule has 0 bridgehead atoms. The Bertz CT molecular complexity index is 585. The zero-order valence-electron chi connectivity index (χ0n) is 8.56. The van der Waals surface area contributed by atoms with Crippen LogP contribution in [-0.2, 0) is 6.42 Å². The summed E-state index contributed by atoms with van der Waals surface area (Å²) in [6.07, 6.45) is 1.96. The quantitative estimate of drug-likeness (QED) is 0.745. The van der Waals surface area contributed by atoms with Crippen LogP contribution in [0.15, 0.2) is 27.5 Å². The first-order valence-electron chi connectivity index (χ1n) is 5.19. The van der Waals surface area contributed by atoms with Gasteiger partial charge in [0.05, 0.1) is 0 Å². The molecule has 0 amide bonds. The van der Waals surface area contributed by atoms with Crippen LogP contribution >= 0.6 is 0 Å². The summed E-state index contributed by atoms with van der Waals surface area (Å²) >= 11 is 0. The summed E-state index contributed by atoms with van der Waals surface area (Å²) in [6.45, 7) is 0. The van der Waals surface area contributed by atoms with E-state index in [1.54, 1.807) is 0 Å². The van der Waals surface area contributed by atoms with Gasteiger partial charge >= 0.3 is 5.76 Å². The molecule has 1 heterocycles. The molecule has 5 heteroatoms. The van der Waals surface area contributed by atoms with Crippen molar-refractivity contribution in [3.8, 4) is 11.4 Å². The van der Waals surface area contributed by atoms with Gasteiger partial charge in [-0.05, 0) is 30.0 Å². The second-order valence-corrected chi connectivity index (χ2v) is 4.00. The van der Waals surface area contributed by atoms with E-state index in [4.69, 9.17) is 5.73 Å². The minimum absolute atomic E-state index is 0.139. The summed E-state index contributed by atoms with van der Waals surface area (Å²) in [4.78, 5) is 13.4. The smallest absolute Gasteiger partial charge is 0.324 e. The molecule has 0 saturated carbocycles. The van der Waals surface area contributed by atoms with Crippen LogP contribution in [0, 0.1) is 0 Å². The van der Waals surface area contributed by atoms with Crippen LogP contribution in [0.4, 0.5) is 0 Å². The number of benzene rings is 1. The number of H-pyrrole nitrogens is 1. The number of aryl methyl sites for hydroxylation is 1. The van der Waals surface area contributed by atoms with E-state index in [2.05, 4.69) is 14.7 Å². The Morgan fingerprint density at radius 3 is 3.12 bits per heavy atom. The van der Waals surface area contributed by atoms with Gasteiger partial charge in [0, 0.05) is 11.6 Å². The Morgan fingerprint density at radius 1 is 1.50 bits per heavy atom. The fraction of sp³-hybridized carbons (Fsp3) is 0.273. The lowest BCUT2D eigenvalue weighted by molar-refractivity contribution is 0.388. The zero-order valence-corrected chi connectivity index (χ0v) is 8.56. The molecule has 3 rings (SSSR count). The molecule has 1 atom stereocenters. The monoisotopic (exact) mass is 217 g/mol. The Balaban J connectivity index is 2.08. The molecular formula is C11H11N3O2. The van der Waals surface area contributed by atoms with Crippen LogP contribution in [0.25, 0.3) is 11.4 Å². The second kappa shape index (κ2) is 3.31. The summed E-state index contributed by atoms with van der Waals surface area (Å²) in [7, 11) is 0. The predicted octanol–water partition coefficient (Wildman–Crippen LogP) is 0.976. The summed E-state index contributed by atoms with van der Waals surface area (Å²) < 4.78 is 4.47. The zero-order chi connectivity index (χ0) is 11.1. The van der Waals surface area contributed by atoms with Crippen LogP contribution in [-0.4, -0.2) is 10.1 Å². The van der Waals surface area contributed by atoms with Gasteiger partial charge in [-0.3, -0.25) is 9.51 Å². The molecule has 82 valence electrons. The molecule has 16 heavy (non-hydrogen) atoms. The fourth-order valence-electron chi connectivity index (χ4n) is 2.15. The molecule has 0 unspecified atom stereocenters. The number of rotatable bonds is 1. The number of hydrogen-bond acceptors (Lipinski definition) is 4. The topological polar surface area (TPSA) is 84.9 Å². The van der Waals surface area contributed by atoms with Crippen LogP contribution in [0.5, 0.6) is 0 Å². The maximum absolute atomic E-state index is 10.8. The first-order chi connectivity index (χ1) is 7.74. The Labute approximate surface area is 91.3 Å². The van der Waals surface area contributed by atoms with Crippen molar-refractivity contribution in [1.82, 2.24) is 10.1 Å². The Hall–Kier alpha value is -1.88. The van der Waals surface area contributed by atoms with Gasteiger partial charge < -0.3 is 5.73 Å². The van der Waals surface area contributed by atoms with Crippen molar-refractivity contribution in [2.45, 2.75) is 18.9 Å². The van der Waals surface area contributed by atoms with Crippen molar-refractivity contribution in [3.63, 3.8) is 0 Å². The lowest BCUT2D eigenvalue weighted by Gasteiger charge is -2.04. The molecule has 1 aromatic carbocycles. The van der Waals surface area contributed by atoms with Gasteiger partial charge in [-0.1, -0.05) is 17.3 Å². The van der Waals surface area contributed by atoms with Gasteiger partial charge in [0.15, 0.2) is 5.82 Å². The molecule has 0 radical (unpaired) electrons. The number of aromatic nitrogens is 2. The van der Waals surface area contributed by atoms with E-state index in [0.717, 1.165) is 18.4 Å². The highest BCUT2D eigenvalue weighted by Crippen LogP contribution is 2.31. The summed E-state index contributed by atoms with van der Waals surface area (Å²) in [5.74, 6) is -0.0690. The Kier molecular flexibility index (Phi) is 1.94. The molecule has 1 aliphatic carbocycles. The van der Waals surface area contributed by atoms with E-state index in [1.165, 1.54) is 11.1 Å². The molecule has 5 nitrogen and oxygen atoms in total. The third kappa shape index (κ3) is 1.37. The van der Waals surface area contributed by atoms with Gasteiger partial charge in [-0.2, -0.15) is 0 Å². The van der Waals surface area contributed by atoms with Gasteiger partial charge in [0.25, 0.3) is 0 Å². The number of nitrogens with zero attached hydrogens (tertiary/aromatic N) is 1. The van der Waals surface area contributed by atoms with E-state index < -0.39 is 5.76 Å². The van der Waals surface area contributed by atoms with Gasteiger partial charge in [0.1, 0.15) is 0 Å². The predicted molar refractivity (Wildman–Crippen MR) is 57.8 cm³/mol. The molecular weight excluding hydrogens is 206 g/mol. The van der Waals surface area contributed by atoms with Crippen molar-refractivity contribution < 1.29 is 4.52 Å². The van der Waals surface area contributed by atoms with Crippen molar-refractivity contribution in [2.24, 2.45) is 5.73 Å². The Morgan fingerprint density at radius 2 is 2.38 bits per heavy atom. The SMILES string of the molecule is N[C@H]1CCc2cc(-c3noc(=O)[nH]3)ccc21. The molecule has 0 aliphatic heterocycles. The number of hydrogen-bond donors (Lipinski definition) is 2. The van der Waals surface area contributed by atoms with Crippen molar-refractivity contribution in [1.29, 1.82) is 0 Å². The van der Waals surface area contributed by atoms with E-state index in [-0.39, 0.29) is 6.04 Å². The van der Waals surface area contributed by atoms with E-state index >= 15 is 0 Å². The average Bonchev–Trinajstić information content (AvgIpc) is 2.86. The van der Waals surface area contributed by atoms with Crippen LogP contribution in [0.1, 0.15) is 23.6 Å².